The molecule has 0 aromatic carbocycles. The highest BCUT2D eigenvalue weighted by molar-refractivity contribution is 4.94. The van der Waals surface area contributed by atoms with E-state index in [1.165, 1.54) is 51.5 Å². The molecule has 0 aromatic rings. The van der Waals surface area contributed by atoms with Gasteiger partial charge in [-0.2, -0.15) is 0 Å². The molecule has 3 rings (SSSR count). The highest BCUT2D eigenvalue weighted by Crippen LogP contribution is 2.48. The van der Waals surface area contributed by atoms with Crippen molar-refractivity contribution in [3.05, 3.63) is 0 Å². The minimum atomic E-state index is 0.619. The Labute approximate surface area is 99.4 Å². The molecule has 1 atom stereocenters. The summed E-state index contributed by atoms with van der Waals surface area (Å²) in [7, 11) is 0. The van der Waals surface area contributed by atoms with Crippen LogP contribution in [0.5, 0.6) is 0 Å². The second kappa shape index (κ2) is 4.66. The van der Waals surface area contributed by atoms with Crippen molar-refractivity contribution in [2.45, 2.75) is 51.0 Å². The zero-order valence-electron chi connectivity index (χ0n) is 10.3. The van der Waals surface area contributed by atoms with E-state index < -0.39 is 0 Å². The molecule has 0 aromatic heterocycles. The summed E-state index contributed by atoms with van der Waals surface area (Å²) in [5.41, 5.74) is 5.89. The van der Waals surface area contributed by atoms with Crippen molar-refractivity contribution in [2.75, 3.05) is 13.1 Å². The first-order valence-corrected chi connectivity index (χ1v) is 7.32. The minimum absolute atomic E-state index is 0.619. The van der Waals surface area contributed by atoms with Crippen molar-refractivity contribution in [1.82, 2.24) is 5.32 Å². The predicted octanol–water partition coefficient (Wildman–Crippen LogP) is 2.14. The Morgan fingerprint density at radius 1 is 0.938 bits per heavy atom. The van der Waals surface area contributed by atoms with Gasteiger partial charge >= 0.3 is 0 Å². The van der Waals surface area contributed by atoms with E-state index in [0.717, 1.165) is 30.2 Å². The maximum Gasteiger partial charge on any atom is 0.0218 e. The molecule has 0 bridgehead atoms. The van der Waals surface area contributed by atoms with Gasteiger partial charge in [-0.1, -0.05) is 6.42 Å². The Hall–Kier alpha value is -0.0800. The van der Waals surface area contributed by atoms with Gasteiger partial charge < -0.3 is 11.1 Å². The van der Waals surface area contributed by atoms with Gasteiger partial charge in [0.1, 0.15) is 0 Å². The van der Waals surface area contributed by atoms with E-state index in [2.05, 4.69) is 5.32 Å². The molecule has 3 aliphatic rings. The topological polar surface area (TPSA) is 38.0 Å². The van der Waals surface area contributed by atoms with E-state index in [-0.39, 0.29) is 0 Å². The molecule has 0 saturated heterocycles. The maximum absolute atomic E-state index is 5.89. The van der Waals surface area contributed by atoms with Crippen molar-refractivity contribution < 1.29 is 0 Å². The number of hydrogen-bond donors (Lipinski definition) is 2. The Kier molecular flexibility index (Phi) is 3.21. The van der Waals surface area contributed by atoms with Gasteiger partial charge in [0.05, 0.1) is 0 Å². The summed E-state index contributed by atoms with van der Waals surface area (Å²) in [6.07, 6.45) is 10.2. The van der Waals surface area contributed by atoms with Crippen molar-refractivity contribution in [3.8, 4) is 0 Å². The summed E-state index contributed by atoms with van der Waals surface area (Å²) in [6, 6.07) is 0.619. The summed E-state index contributed by atoms with van der Waals surface area (Å²) in [5, 5.41) is 3.79. The van der Waals surface area contributed by atoms with Crippen LogP contribution in [0.25, 0.3) is 0 Å². The molecular weight excluding hydrogens is 196 g/mol. The first kappa shape index (κ1) is 11.0. The van der Waals surface area contributed by atoms with Crippen LogP contribution >= 0.6 is 0 Å². The second-order valence-corrected chi connectivity index (χ2v) is 6.28. The molecule has 0 amide bonds. The molecule has 3 N–H and O–H groups in total. The summed E-state index contributed by atoms with van der Waals surface area (Å²) in [5.74, 6) is 4.03. The molecule has 16 heavy (non-hydrogen) atoms. The van der Waals surface area contributed by atoms with Crippen molar-refractivity contribution in [3.63, 3.8) is 0 Å². The van der Waals surface area contributed by atoms with Crippen LogP contribution in [-0.2, 0) is 0 Å². The van der Waals surface area contributed by atoms with Gasteiger partial charge in [0.15, 0.2) is 0 Å². The van der Waals surface area contributed by atoms with E-state index in [4.69, 9.17) is 5.73 Å². The van der Waals surface area contributed by atoms with Gasteiger partial charge in [0.2, 0.25) is 0 Å². The van der Waals surface area contributed by atoms with E-state index in [1.807, 2.05) is 0 Å². The van der Waals surface area contributed by atoms with Crippen LogP contribution in [0.2, 0.25) is 0 Å². The highest BCUT2D eigenvalue weighted by atomic mass is 15.0. The van der Waals surface area contributed by atoms with Gasteiger partial charge in [-0.3, -0.25) is 0 Å². The smallest absolute Gasteiger partial charge is 0.0218 e. The lowest BCUT2D eigenvalue weighted by Gasteiger charge is -2.34. The molecule has 3 aliphatic carbocycles. The zero-order chi connectivity index (χ0) is 11.0. The van der Waals surface area contributed by atoms with Gasteiger partial charge in [0.25, 0.3) is 0 Å². The van der Waals surface area contributed by atoms with Gasteiger partial charge in [0, 0.05) is 12.6 Å². The number of nitrogens with one attached hydrogen (secondary N) is 1. The fourth-order valence-electron chi connectivity index (χ4n) is 3.34. The first-order valence-electron chi connectivity index (χ1n) is 7.32. The number of nitrogens with two attached hydrogens (primary N) is 1. The van der Waals surface area contributed by atoms with Crippen molar-refractivity contribution >= 4 is 0 Å². The standard InChI is InChI=1S/C14H26N2/c15-8-14(12-2-1-3-12)16-9-13(10-4-5-10)11-6-7-11/h10-14,16H,1-9,15H2. The summed E-state index contributed by atoms with van der Waals surface area (Å²) in [4.78, 5) is 0. The quantitative estimate of drug-likeness (QED) is 0.692. The normalized spacial score (nSPS) is 28.1. The Morgan fingerprint density at radius 3 is 1.94 bits per heavy atom. The average molecular weight is 222 g/mol. The van der Waals surface area contributed by atoms with Crippen LogP contribution < -0.4 is 11.1 Å². The molecule has 3 saturated carbocycles. The molecule has 0 heterocycles. The second-order valence-electron chi connectivity index (χ2n) is 6.28. The summed E-state index contributed by atoms with van der Waals surface area (Å²) >= 11 is 0. The summed E-state index contributed by atoms with van der Waals surface area (Å²) in [6.45, 7) is 2.10. The first-order chi connectivity index (χ1) is 7.88. The van der Waals surface area contributed by atoms with Crippen LogP contribution in [0.15, 0.2) is 0 Å². The molecule has 2 nitrogen and oxygen atoms in total. The molecular formula is C14H26N2. The molecule has 92 valence electrons. The molecule has 0 radical (unpaired) electrons. The van der Waals surface area contributed by atoms with E-state index in [9.17, 15) is 0 Å². The third-order valence-electron chi connectivity index (χ3n) is 5.04. The zero-order valence-corrected chi connectivity index (χ0v) is 10.3. The average Bonchev–Trinajstić information content (AvgIpc) is 3.06. The van der Waals surface area contributed by atoms with Gasteiger partial charge in [-0.05, 0) is 68.7 Å². The summed E-state index contributed by atoms with van der Waals surface area (Å²) < 4.78 is 0. The largest absolute Gasteiger partial charge is 0.329 e. The minimum Gasteiger partial charge on any atom is -0.329 e. The van der Waals surface area contributed by atoms with Crippen LogP contribution in [0.3, 0.4) is 0 Å². The fourth-order valence-corrected chi connectivity index (χ4v) is 3.34. The number of hydrogen-bond acceptors (Lipinski definition) is 2. The fraction of sp³-hybridized carbons (Fsp3) is 1.00. The Morgan fingerprint density at radius 2 is 1.56 bits per heavy atom. The van der Waals surface area contributed by atoms with E-state index >= 15 is 0 Å². The van der Waals surface area contributed by atoms with Crippen molar-refractivity contribution in [1.29, 1.82) is 0 Å². The lowest BCUT2D eigenvalue weighted by molar-refractivity contribution is 0.218. The predicted molar refractivity (Wildman–Crippen MR) is 67.1 cm³/mol. The Balaban J connectivity index is 1.45. The van der Waals surface area contributed by atoms with Crippen LogP contribution in [-0.4, -0.2) is 19.1 Å². The molecule has 1 unspecified atom stereocenters. The van der Waals surface area contributed by atoms with Gasteiger partial charge in [-0.25, -0.2) is 0 Å². The number of rotatable bonds is 7. The van der Waals surface area contributed by atoms with Crippen LogP contribution in [0, 0.1) is 23.7 Å². The van der Waals surface area contributed by atoms with E-state index in [0.29, 0.717) is 6.04 Å². The monoisotopic (exact) mass is 222 g/mol. The third-order valence-corrected chi connectivity index (χ3v) is 5.04. The maximum atomic E-state index is 5.89. The molecule has 2 heteroatoms. The highest BCUT2D eigenvalue weighted by Gasteiger charge is 2.41. The lowest BCUT2D eigenvalue weighted by Crippen LogP contribution is -2.46. The molecule has 0 aliphatic heterocycles. The molecule has 0 spiro atoms. The third kappa shape index (κ3) is 2.43. The van der Waals surface area contributed by atoms with Crippen LogP contribution in [0.1, 0.15) is 44.9 Å². The van der Waals surface area contributed by atoms with Gasteiger partial charge in [-0.15, -0.1) is 0 Å². The SMILES string of the molecule is NCC(NCC(C1CC1)C1CC1)C1CCC1. The van der Waals surface area contributed by atoms with Crippen LogP contribution in [0.4, 0.5) is 0 Å². The lowest BCUT2D eigenvalue weighted by atomic mass is 9.79. The van der Waals surface area contributed by atoms with Crippen molar-refractivity contribution in [2.24, 2.45) is 29.4 Å². The molecule has 3 fully saturated rings. The Bertz CT molecular complexity index is 217. The van der Waals surface area contributed by atoms with E-state index in [1.54, 1.807) is 0 Å².